The highest BCUT2D eigenvalue weighted by Crippen LogP contribution is 2.27. The van der Waals surface area contributed by atoms with Crippen LogP contribution in [0.15, 0.2) is 29.3 Å². The van der Waals surface area contributed by atoms with E-state index in [0.717, 1.165) is 18.4 Å². The van der Waals surface area contributed by atoms with E-state index < -0.39 is 10.0 Å². The molecule has 1 heterocycles. The molecule has 0 amide bonds. The van der Waals surface area contributed by atoms with Crippen LogP contribution in [0.5, 0.6) is 0 Å². The summed E-state index contributed by atoms with van der Waals surface area (Å²) in [7, 11) is -3.48. The van der Waals surface area contributed by atoms with Crippen molar-refractivity contribution in [3.63, 3.8) is 0 Å². The van der Waals surface area contributed by atoms with Gasteiger partial charge in [0.05, 0.1) is 0 Å². The predicted octanol–water partition coefficient (Wildman–Crippen LogP) is 2.56. The van der Waals surface area contributed by atoms with E-state index in [2.05, 4.69) is 4.98 Å². The van der Waals surface area contributed by atoms with Gasteiger partial charge in [-0.3, -0.25) is 0 Å². The molecule has 1 aromatic heterocycles. The van der Waals surface area contributed by atoms with Gasteiger partial charge in [-0.2, -0.15) is 4.31 Å². The second-order valence-corrected chi connectivity index (χ2v) is 6.77. The summed E-state index contributed by atoms with van der Waals surface area (Å²) in [5.41, 5.74) is 7.11. The van der Waals surface area contributed by atoms with Gasteiger partial charge in [0.25, 0.3) is 0 Å². The fourth-order valence-electron chi connectivity index (χ4n) is 2.32. The molecule has 0 aliphatic rings. The van der Waals surface area contributed by atoms with Gasteiger partial charge in [-0.1, -0.05) is 13.8 Å². The minimum Gasteiger partial charge on any atom is -0.399 e. The average molecular weight is 295 g/mol. The van der Waals surface area contributed by atoms with Crippen molar-refractivity contribution < 1.29 is 8.42 Å². The smallest absolute Gasteiger partial charge is 0.245 e. The second kappa shape index (κ2) is 5.85. The summed E-state index contributed by atoms with van der Waals surface area (Å²) in [5, 5.41) is 0.655. The number of sulfonamides is 1. The number of aromatic amines is 1. The molecule has 0 saturated carbocycles. The first-order valence-corrected chi connectivity index (χ1v) is 8.31. The number of benzene rings is 1. The average Bonchev–Trinajstić information content (AvgIpc) is 2.82. The standard InChI is InChI=1S/C14H21N3O2S/c1-3-7-17(8-4-2)20(18,19)14-10-16-13-6-5-11(15)9-12(13)14/h5-6,9-10,16H,3-4,7-8,15H2,1-2H3. The minimum atomic E-state index is -3.48. The number of rotatable bonds is 6. The summed E-state index contributed by atoms with van der Waals surface area (Å²) in [6.45, 7) is 5.02. The van der Waals surface area contributed by atoms with Gasteiger partial charge in [-0.15, -0.1) is 0 Å². The Kier molecular flexibility index (Phi) is 4.35. The Morgan fingerprint density at radius 3 is 2.45 bits per heavy atom. The predicted molar refractivity (Wildman–Crippen MR) is 82.1 cm³/mol. The molecule has 2 aromatic rings. The summed E-state index contributed by atoms with van der Waals surface area (Å²) < 4.78 is 27.1. The number of hydrogen-bond donors (Lipinski definition) is 2. The van der Waals surface area contributed by atoms with Crippen LogP contribution < -0.4 is 5.73 Å². The fourth-order valence-corrected chi connectivity index (χ4v) is 4.09. The van der Waals surface area contributed by atoms with Crippen molar-refractivity contribution in [1.29, 1.82) is 0 Å². The van der Waals surface area contributed by atoms with E-state index in [0.29, 0.717) is 29.1 Å². The summed E-state index contributed by atoms with van der Waals surface area (Å²) >= 11 is 0. The van der Waals surface area contributed by atoms with Gasteiger partial charge in [-0.25, -0.2) is 8.42 Å². The first-order chi connectivity index (χ1) is 9.50. The molecule has 2 rings (SSSR count). The quantitative estimate of drug-likeness (QED) is 0.804. The Morgan fingerprint density at radius 1 is 1.20 bits per heavy atom. The number of fused-ring (bicyclic) bond motifs is 1. The lowest BCUT2D eigenvalue weighted by Gasteiger charge is -2.20. The third kappa shape index (κ3) is 2.66. The lowest BCUT2D eigenvalue weighted by molar-refractivity contribution is 0.410. The van der Waals surface area contributed by atoms with E-state index in [9.17, 15) is 8.42 Å². The van der Waals surface area contributed by atoms with Crippen LogP contribution in [-0.2, 0) is 10.0 Å². The topological polar surface area (TPSA) is 79.2 Å². The van der Waals surface area contributed by atoms with E-state index in [4.69, 9.17) is 5.73 Å². The normalized spacial score (nSPS) is 12.3. The van der Waals surface area contributed by atoms with Crippen LogP contribution in [0.25, 0.3) is 10.9 Å². The number of H-pyrrole nitrogens is 1. The van der Waals surface area contributed by atoms with Crippen LogP contribution in [-0.4, -0.2) is 30.8 Å². The molecule has 1 aromatic carbocycles. The van der Waals surface area contributed by atoms with Crippen LogP contribution in [0.2, 0.25) is 0 Å². The van der Waals surface area contributed by atoms with Gasteiger partial charge < -0.3 is 10.7 Å². The zero-order valence-corrected chi connectivity index (χ0v) is 12.7. The molecule has 6 heteroatoms. The van der Waals surface area contributed by atoms with Gasteiger partial charge in [-0.05, 0) is 31.0 Å². The number of nitrogen functional groups attached to an aromatic ring is 1. The van der Waals surface area contributed by atoms with Gasteiger partial charge >= 0.3 is 0 Å². The molecule has 0 bridgehead atoms. The third-order valence-corrected chi connectivity index (χ3v) is 5.17. The van der Waals surface area contributed by atoms with Crippen LogP contribution in [0.4, 0.5) is 5.69 Å². The lowest BCUT2D eigenvalue weighted by Crippen LogP contribution is -2.32. The Morgan fingerprint density at radius 2 is 1.85 bits per heavy atom. The molecular formula is C14H21N3O2S. The number of aromatic nitrogens is 1. The first kappa shape index (κ1) is 14.9. The highest BCUT2D eigenvalue weighted by atomic mass is 32.2. The molecule has 0 radical (unpaired) electrons. The molecule has 0 atom stereocenters. The molecule has 110 valence electrons. The van der Waals surface area contributed by atoms with Crippen LogP contribution >= 0.6 is 0 Å². The Hall–Kier alpha value is -1.53. The molecule has 3 N–H and O–H groups in total. The zero-order chi connectivity index (χ0) is 14.8. The maximum Gasteiger partial charge on any atom is 0.245 e. The molecule has 0 fully saturated rings. The number of nitrogens with one attached hydrogen (secondary N) is 1. The van der Waals surface area contributed by atoms with Crippen LogP contribution in [0.3, 0.4) is 0 Å². The van der Waals surface area contributed by atoms with Gasteiger partial charge in [0.1, 0.15) is 4.90 Å². The van der Waals surface area contributed by atoms with Crippen molar-refractivity contribution in [2.45, 2.75) is 31.6 Å². The summed E-state index contributed by atoms with van der Waals surface area (Å²) in [6.07, 6.45) is 3.14. The Bertz CT molecular complexity index is 686. The molecule has 0 spiro atoms. The molecular weight excluding hydrogens is 274 g/mol. The van der Waals surface area contributed by atoms with Crippen LogP contribution in [0, 0.1) is 0 Å². The summed E-state index contributed by atoms with van der Waals surface area (Å²) in [6, 6.07) is 5.26. The maximum absolute atomic E-state index is 12.8. The van der Waals surface area contributed by atoms with Crippen molar-refractivity contribution in [1.82, 2.24) is 9.29 Å². The van der Waals surface area contributed by atoms with Crippen molar-refractivity contribution in [3.05, 3.63) is 24.4 Å². The molecule has 5 nitrogen and oxygen atoms in total. The minimum absolute atomic E-state index is 0.307. The number of anilines is 1. The van der Waals surface area contributed by atoms with E-state index >= 15 is 0 Å². The third-order valence-electron chi connectivity index (χ3n) is 3.23. The molecule has 20 heavy (non-hydrogen) atoms. The van der Waals surface area contributed by atoms with Crippen molar-refractivity contribution in [2.24, 2.45) is 0 Å². The first-order valence-electron chi connectivity index (χ1n) is 6.87. The van der Waals surface area contributed by atoms with Gasteiger partial charge in [0, 0.05) is 35.9 Å². The second-order valence-electron chi connectivity index (χ2n) is 4.86. The van der Waals surface area contributed by atoms with Gasteiger partial charge in [0.15, 0.2) is 0 Å². The van der Waals surface area contributed by atoms with Crippen molar-refractivity contribution >= 4 is 26.6 Å². The number of nitrogens with zero attached hydrogens (tertiary/aromatic N) is 1. The largest absolute Gasteiger partial charge is 0.399 e. The van der Waals surface area contributed by atoms with E-state index in [-0.39, 0.29) is 0 Å². The van der Waals surface area contributed by atoms with Crippen LogP contribution in [0.1, 0.15) is 26.7 Å². The molecule has 0 aliphatic heterocycles. The highest BCUT2D eigenvalue weighted by molar-refractivity contribution is 7.89. The lowest BCUT2D eigenvalue weighted by atomic mass is 10.2. The highest BCUT2D eigenvalue weighted by Gasteiger charge is 2.26. The van der Waals surface area contributed by atoms with E-state index in [1.165, 1.54) is 0 Å². The molecule has 0 aliphatic carbocycles. The number of hydrogen-bond acceptors (Lipinski definition) is 3. The van der Waals surface area contributed by atoms with E-state index in [1.807, 2.05) is 13.8 Å². The molecule has 0 unspecified atom stereocenters. The fraction of sp³-hybridized carbons (Fsp3) is 0.429. The SMILES string of the molecule is CCCN(CCC)S(=O)(=O)c1c[nH]c2ccc(N)cc12. The van der Waals surface area contributed by atoms with E-state index in [1.54, 1.807) is 28.7 Å². The Labute approximate surface area is 119 Å². The Balaban J connectivity index is 2.52. The monoisotopic (exact) mass is 295 g/mol. The summed E-state index contributed by atoms with van der Waals surface area (Å²) in [5.74, 6) is 0. The maximum atomic E-state index is 12.8. The van der Waals surface area contributed by atoms with Gasteiger partial charge in [0.2, 0.25) is 10.0 Å². The molecule has 0 saturated heterocycles. The zero-order valence-electron chi connectivity index (χ0n) is 11.9. The van der Waals surface area contributed by atoms with Crippen molar-refractivity contribution in [2.75, 3.05) is 18.8 Å². The van der Waals surface area contributed by atoms with Crippen molar-refractivity contribution in [3.8, 4) is 0 Å². The summed E-state index contributed by atoms with van der Waals surface area (Å²) in [4.78, 5) is 3.31. The number of nitrogens with two attached hydrogens (primary N) is 1.